The molecule has 0 aliphatic carbocycles. The lowest BCUT2D eigenvalue weighted by molar-refractivity contribution is 1.19. The van der Waals surface area contributed by atoms with Crippen LogP contribution in [0.5, 0.6) is 0 Å². The van der Waals surface area contributed by atoms with E-state index in [1.807, 2.05) is 11.3 Å². The highest BCUT2D eigenvalue weighted by Gasteiger charge is 2.13. The van der Waals surface area contributed by atoms with Crippen LogP contribution in [-0.2, 0) is 6.42 Å². The monoisotopic (exact) mass is 436 g/mol. The summed E-state index contributed by atoms with van der Waals surface area (Å²) in [5, 5.41) is 0. The predicted octanol–water partition coefficient (Wildman–Crippen LogP) is 6.32. The van der Waals surface area contributed by atoms with Crippen molar-refractivity contribution < 1.29 is 0 Å². The maximum Gasteiger partial charge on any atom is 0.0738 e. The van der Waals surface area contributed by atoms with E-state index in [1.165, 1.54) is 15.3 Å². The molecule has 17 heavy (non-hydrogen) atoms. The predicted molar refractivity (Wildman–Crippen MR) is 86.3 cm³/mol. The number of hydrogen-bond acceptors (Lipinski definition) is 1. The average Bonchev–Trinajstić information content (AvgIpc) is 2.75. The second kappa shape index (κ2) is 6.00. The molecular formula is C13H11Br3S. The van der Waals surface area contributed by atoms with Crippen LogP contribution in [0.3, 0.4) is 0 Å². The van der Waals surface area contributed by atoms with Gasteiger partial charge >= 0.3 is 0 Å². The molecule has 1 heterocycles. The zero-order chi connectivity index (χ0) is 12.4. The number of halogens is 3. The molecule has 0 bridgehead atoms. The van der Waals surface area contributed by atoms with Gasteiger partial charge in [-0.05, 0) is 42.3 Å². The lowest BCUT2D eigenvalue weighted by Crippen LogP contribution is -1.89. The van der Waals surface area contributed by atoms with Crippen molar-refractivity contribution in [2.75, 3.05) is 0 Å². The van der Waals surface area contributed by atoms with Crippen molar-refractivity contribution in [1.29, 1.82) is 0 Å². The maximum atomic E-state index is 3.77. The minimum Gasteiger partial charge on any atom is -0.144 e. The summed E-state index contributed by atoms with van der Waals surface area (Å²) in [5.74, 6) is 0. The molecule has 4 heteroatoms. The average molecular weight is 439 g/mol. The van der Waals surface area contributed by atoms with Crippen molar-refractivity contribution in [2.24, 2.45) is 0 Å². The highest BCUT2D eigenvalue weighted by molar-refractivity contribution is 9.11. The van der Waals surface area contributed by atoms with Crippen molar-refractivity contribution in [3.8, 4) is 0 Å². The highest BCUT2D eigenvalue weighted by atomic mass is 79.9. The van der Waals surface area contributed by atoms with Crippen molar-refractivity contribution in [3.05, 3.63) is 54.6 Å². The van der Waals surface area contributed by atoms with Gasteiger partial charge in [-0.3, -0.25) is 0 Å². The number of aryl methyl sites for hydroxylation is 1. The first-order valence-electron chi connectivity index (χ1n) is 5.29. The van der Waals surface area contributed by atoms with E-state index in [2.05, 4.69) is 85.0 Å². The topological polar surface area (TPSA) is 0 Å². The molecule has 0 nitrogen and oxygen atoms in total. The van der Waals surface area contributed by atoms with Gasteiger partial charge in [-0.15, -0.1) is 11.3 Å². The molecule has 0 aliphatic heterocycles. The Kier molecular flexibility index (Phi) is 4.87. The van der Waals surface area contributed by atoms with Gasteiger partial charge in [0, 0.05) is 18.7 Å². The smallest absolute Gasteiger partial charge is 0.0738 e. The Morgan fingerprint density at radius 2 is 1.76 bits per heavy atom. The summed E-state index contributed by atoms with van der Waals surface area (Å²) in [6.45, 7) is 2.19. The van der Waals surface area contributed by atoms with E-state index in [0.717, 1.165) is 15.4 Å². The molecule has 0 N–H and O–H groups in total. The lowest BCUT2D eigenvalue weighted by atomic mass is 10.1. The molecule has 0 amide bonds. The van der Waals surface area contributed by atoms with Gasteiger partial charge in [0.1, 0.15) is 0 Å². The molecular weight excluding hydrogens is 428 g/mol. The molecule has 2 aromatic rings. The molecule has 1 atom stereocenters. The second-order valence-electron chi connectivity index (χ2n) is 3.72. The molecule has 1 aromatic heterocycles. The second-order valence-corrected chi connectivity index (χ2v) is 7.67. The zero-order valence-electron chi connectivity index (χ0n) is 9.21. The summed E-state index contributed by atoms with van der Waals surface area (Å²) in [6, 6.07) is 10.8. The van der Waals surface area contributed by atoms with Gasteiger partial charge < -0.3 is 0 Å². The molecule has 0 saturated carbocycles. The summed E-state index contributed by atoms with van der Waals surface area (Å²) in [4.78, 5) is 3.05. The lowest BCUT2D eigenvalue weighted by Gasteiger charge is -2.09. The van der Waals surface area contributed by atoms with E-state index < -0.39 is 0 Å². The van der Waals surface area contributed by atoms with Gasteiger partial charge in [0.2, 0.25) is 0 Å². The van der Waals surface area contributed by atoms with Crippen LogP contribution in [0.2, 0.25) is 0 Å². The molecule has 2 rings (SSSR count). The van der Waals surface area contributed by atoms with Crippen molar-refractivity contribution >= 4 is 59.1 Å². The van der Waals surface area contributed by atoms with Gasteiger partial charge in [-0.25, -0.2) is 0 Å². The van der Waals surface area contributed by atoms with E-state index >= 15 is 0 Å². The molecule has 1 aromatic carbocycles. The van der Waals surface area contributed by atoms with Gasteiger partial charge in [0.25, 0.3) is 0 Å². The fraction of sp³-hybridized carbons (Fsp3) is 0.231. The van der Waals surface area contributed by atoms with Crippen LogP contribution >= 0.6 is 59.1 Å². The SMILES string of the molecule is CCc1ccc(C(Br)c2cc(Br)cc(Br)c2)s1. The third-order valence-electron chi connectivity index (χ3n) is 2.46. The van der Waals surface area contributed by atoms with Crippen molar-refractivity contribution in [2.45, 2.75) is 18.2 Å². The normalized spacial score (nSPS) is 12.7. The summed E-state index contributed by atoms with van der Waals surface area (Å²) in [5.41, 5.74) is 1.26. The Morgan fingerprint density at radius 1 is 1.12 bits per heavy atom. The number of benzene rings is 1. The van der Waals surface area contributed by atoms with Crippen molar-refractivity contribution in [1.82, 2.24) is 0 Å². The third-order valence-corrected chi connectivity index (χ3v) is 5.99. The van der Waals surface area contributed by atoms with Crippen LogP contribution in [0.4, 0.5) is 0 Å². The van der Waals surface area contributed by atoms with E-state index in [9.17, 15) is 0 Å². The van der Waals surface area contributed by atoms with Gasteiger partial charge in [-0.2, -0.15) is 0 Å². The summed E-state index contributed by atoms with van der Waals surface area (Å²) >= 11 is 12.7. The van der Waals surface area contributed by atoms with Gasteiger partial charge in [0.05, 0.1) is 4.83 Å². The van der Waals surface area contributed by atoms with Crippen LogP contribution in [0.25, 0.3) is 0 Å². The number of hydrogen-bond donors (Lipinski definition) is 0. The molecule has 90 valence electrons. The molecule has 0 aliphatic rings. The third kappa shape index (κ3) is 3.43. The maximum absolute atomic E-state index is 3.77. The molecule has 1 unspecified atom stereocenters. The minimum absolute atomic E-state index is 0.265. The molecule has 0 fully saturated rings. The Bertz CT molecular complexity index is 499. The first-order valence-corrected chi connectivity index (χ1v) is 8.60. The quantitative estimate of drug-likeness (QED) is 0.492. The Hall–Kier alpha value is 0.360. The largest absolute Gasteiger partial charge is 0.144 e. The van der Waals surface area contributed by atoms with Gasteiger partial charge in [-0.1, -0.05) is 54.7 Å². The van der Waals surface area contributed by atoms with Crippen LogP contribution in [0.1, 0.15) is 27.1 Å². The molecule has 0 saturated heterocycles. The number of rotatable bonds is 3. The van der Waals surface area contributed by atoms with Crippen LogP contribution in [0.15, 0.2) is 39.3 Å². The summed E-state index contributed by atoms with van der Waals surface area (Å²) in [7, 11) is 0. The standard InChI is InChI=1S/C13H11Br3S/c1-2-11-3-4-12(17-11)13(16)8-5-9(14)7-10(15)6-8/h3-7,13H,2H2,1H3. The Labute approximate surface area is 131 Å². The number of thiophene rings is 1. The minimum atomic E-state index is 0.265. The summed E-state index contributed by atoms with van der Waals surface area (Å²) < 4.78 is 2.19. The van der Waals surface area contributed by atoms with Crippen LogP contribution in [-0.4, -0.2) is 0 Å². The van der Waals surface area contributed by atoms with Crippen LogP contribution < -0.4 is 0 Å². The van der Waals surface area contributed by atoms with Crippen molar-refractivity contribution in [3.63, 3.8) is 0 Å². The van der Waals surface area contributed by atoms with E-state index in [0.29, 0.717) is 0 Å². The van der Waals surface area contributed by atoms with E-state index in [1.54, 1.807) is 0 Å². The number of alkyl halides is 1. The fourth-order valence-corrected chi connectivity index (χ4v) is 4.59. The zero-order valence-corrected chi connectivity index (χ0v) is 14.8. The molecule has 0 spiro atoms. The van der Waals surface area contributed by atoms with E-state index in [-0.39, 0.29) is 4.83 Å². The van der Waals surface area contributed by atoms with E-state index in [4.69, 9.17) is 0 Å². The molecule has 0 radical (unpaired) electrons. The first kappa shape index (κ1) is 13.8. The highest BCUT2D eigenvalue weighted by Crippen LogP contribution is 2.37. The first-order chi connectivity index (χ1) is 8.10. The fourth-order valence-electron chi connectivity index (χ4n) is 1.61. The van der Waals surface area contributed by atoms with Gasteiger partial charge in [0.15, 0.2) is 0 Å². The summed E-state index contributed by atoms with van der Waals surface area (Å²) in [6.07, 6.45) is 1.10. The van der Waals surface area contributed by atoms with Crippen LogP contribution in [0, 0.1) is 0 Å². The Morgan fingerprint density at radius 3 is 2.29 bits per heavy atom. The Balaban J connectivity index is 2.32.